The van der Waals surface area contributed by atoms with Crippen molar-refractivity contribution in [3.8, 4) is 0 Å². The number of amides is 10. The van der Waals surface area contributed by atoms with Gasteiger partial charge in [-0.3, -0.25) is 47.9 Å². The predicted octanol–water partition coefficient (Wildman–Crippen LogP) is -5.10. The van der Waals surface area contributed by atoms with Gasteiger partial charge in [-0.05, 0) is 96.5 Å². The lowest BCUT2D eigenvalue weighted by atomic mass is 10.00. The Kier molecular flexibility index (Phi) is 29.6. The van der Waals surface area contributed by atoms with E-state index in [-0.39, 0.29) is 77.0 Å². The molecule has 1 aromatic carbocycles. The largest absolute Gasteiger partial charge is 0.391 e. The van der Waals surface area contributed by atoms with Crippen LogP contribution >= 0.6 is 0 Å². The first-order valence-electron chi connectivity index (χ1n) is 25.8. The van der Waals surface area contributed by atoms with Gasteiger partial charge in [-0.15, -0.1) is 0 Å². The Labute approximate surface area is 438 Å². The van der Waals surface area contributed by atoms with Crippen LogP contribution in [0, 0.1) is 5.92 Å². The van der Waals surface area contributed by atoms with Crippen LogP contribution in [0.1, 0.15) is 104 Å². The Morgan fingerprint density at radius 2 is 1.13 bits per heavy atom. The SMILES string of the molecule is CCCCCC(=O)N[C@H](C(=O)N[C@@H](CCN)C(=O)N[C@H]1CCNC(=O)[C@H](C(C)O)NC(=O)[C@H](CCN)NC(=O)[C@H](CCN)NC(=O)[C@H](CC(C)C)NC(=O)[C@@H](Cc2ccccc2)NC(=O)[C@H](CCN)NC1=O)C(C)O. The zero-order valence-electron chi connectivity index (χ0n) is 43.9. The standard InChI is InChI=1S/C49H84N14O12/c1-6-7-9-14-38(66)62-40(29(5)65)49(75)59-33(17-22-52)42(68)58-35-19-24-54-48(74)39(28(4)64)63-45(71)34(18-23-53)56-41(67)31(15-20-50)57-46(72)36(25-27(2)3)60-47(73)37(26-30-12-10-8-11-13-30)61-43(69)32(16-21-51)55-44(35)70/h8,10-13,27-29,31-37,39-40,64-65H,6-7,9,14-26,50-53H2,1-5H3,(H,54,74)(H,55,70)(H,56,67)(H,57,72)(H,58,68)(H,59,75)(H,60,73)(H,61,69)(H,62,66)(H,63,71)/t28?,29?,31-,32-,33-,34-,35-,36-,37+,39-,40-/m0/s1. The third-order valence-electron chi connectivity index (χ3n) is 12.1. The van der Waals surface area contributed by atoms with Crippen LogP contribution in [0.4, 0.5) is 0 Å². The van der Waals surface area contributed by atoms with E-state index in [1.807, 2.05) is 6.92 Å². The molecule has 1 heterocycles. The van der Waals surface area contributed by atoms with Crippen LogP contribution in [0.2, 0.25) is 0 Å². The first-order valence-corrected chi connectivity index (χ1v) is 25.8. The maximum Gasteiger partial charge on any atom is 0.245 e. The van der Waals surface area contributed by atoms with Gasteiger partial charge < -0.3 is 86.3 Å². The monoisotopic (exact) mass is 1060 g/mol. The molecule has 75 heavy (non-hydrogen) atoms. The van der Waals surface area contributed by atoms with Crippen molar-refractivity contribution in [2.75, 3.05) is 32.7 Å². The van der Waals surface area contributed by atoms with Crippen molar-refractivity contribution in [3.63, 3.8) is 0 Å². The molecule has 0 saturated carbocycles. The summed E-state index contributed by atoms with van der Waals surface area (Å²) in [5, 5.41) is 46.7. The van der Waals surface area contributed by atoms with Crippen LogP contribution < -0.4 is 76.1 Å². The van der Waals surface area contributed by atoms with E-state index in [1.54, 1.807) is 44.2 Å². The second-order valence-electron chi connectivity index (χ2n) is 19.1. The molecule has 26 heteroatoms. The summed E-state index contributed by atoms with van der Waals surface area (Å²) in [6.07, 6.45) is -1.84. The number of benzene rings is 1. The van der Waals surface area contributed by atoms with Gasteiger partial charge in [-0.2, -0.15) is 0 Å². The van der Waals surface area contributed by atoms with Crippen molar-refractivity contribution in [1.29, 1.82) is 0 Å². The van der Waals surface area contributed by atoms with Crippen molar-refractivity contribution in [3.05, 3.63) is 35.9 Å². The first kappa shape index (κ1) is 64.8. The molecule has 422 valence electrons. The van der Waals surface area contributed by atoms with E-state index in [9.17, 15) is 58.2 Å². The Hall–Kier alpha value is -6.32. The van der Waals surface area contributed by atoms with E-state index in [2.05, 4.69) is 53.2 Å². The average Bonchev–Trinajstić information content (AvgIpc) is 3.35. The molecular formula is C49H84N14O12. The third kappa shape index (κ3) is 23.0. The summed E-state index contributed by atoms with van der Waals surface area (Å²) in [5.41, 5.74) is 24.0. The molecule has 11 atom stereocenters. The minimum atomic E-state index is -1.65. The number of carbonyl (C=O) groups excluding carboxylic acids is 10. The van der Waals surface area contributed by atoms with Crippen molar-refractivity contribution in [1.82, 2.24) is 53.2 Å². The highest BCUT2D eigenvalue weighted by Gasteiger charge is 2.37. The van der Waals surface area contributed by atoms with Crippen LogP contribution in [0.15, 0.2) is 30.3 Å². The van der Waals surface area contributed by atoms with Crippen LogP contribution in [0.5, 0.6) is 0 Å². The molecule has 1 aliphatic rings. The smallest absolute Gasteiger partial charge is 0.245 e. The molecule has 0 bridgehead atoms. The molecule has 1 aliphatic heterocycles. The summed E-state index contributed by atoms with van der Waals surface area (Å²) >= 11 is 0. The van der Waals surface area contributed by atoms with Crippen molar-refractivity contribution in [2.24, 2.45) is 28.9 Å². The Bertz CT molecular complexity index is 2030. The summed E-state index contributed by atoms with van der Waals surface area (Å²) in [5.74, 6) is -8.82. The van der Waals surface area contributed by atoms with Gasteiger partial charge in [0, 0.05) is 19.4 Å². The summed E-state index contributed by atoms with van der Waals surface area (Å²) in [7, 11) is 0. The zero-order chi connectivity index (χ0) is 56.2. The third-order valence-corrected chi connectivity index (χ3v) is 12.1. The van der Waals surface area contributed by atoms with Crippen LogP contribution in [-0.2, 0) is 54.4 Å². The molecule has 10 amide bonds. The minimum Gasteiger partial charge on any atom is -0.391 e. The number of aliphatic hydroxyl groups is 2. The van der Waals surface area contributed by atoms with E-state index in [0.717, 1.165) is 12.8 Å². The Morgan fingerprint density at radius 1 is 0.627 bits per heavy atom. The highest BCUT2D eigenvalue weighted by molar-refractivity contribution is 5.99. The number of hydrogen-bond donors (Lipinski definition) is 16. The summed E-state index contributed by atoms with van der Waals surface area (Å²) in [4.78, 5) is 139. The van der Waals surface area contributed by atoms with Crippen LogP contribution in [-0.4, -0.2) is 169 Å². The van der Waals surface area contributed by atoms with Crippen LogP contribution in [0.3, 0.4) is 0 Å². The molecular weight excluding hydrogens is 977 g/mol. The molecule has 2 rings (SSSR count). The number of unbranched alkanes of at least 4 members (excludes halogenated alkanes) is 2. The fourth-order valence-corrected chi connectivity index (χ4v) is 7.96. The molecule has 2 unspecified atom stereocenters. The fourth-order valence-electron chi connectivity index (χ4n) is 7.96. The second kappa shape index (κ2) is 34.3. The lowest BCUT2D eigenvalue weighted by molar-refractivity contribution is -0.136. The second-order valence-corrected chi connectivity index (χ2v) is 19.1. The first-order chi connectivity index (χ1) is 35.6. The van der Waals surface area contributed by atoms with Gasteiger partial charge >= 0.3 is 0 Å². The Balaban J connectivity index is 2.73. The van der Waals surface area contributed by atoms with Crippen molar-refractivity contribution < 1.29 is 58.2 Å². The number of hydrogen-bond acceptors (Lipinski definition) is 16. The Morgan fingerprint density at radius 3 is 1.64 bits per heavy atom. The molecule has 1 fully saturated rings. The van der Waals surface area contributed by atoms with Gasteiger partial charge in [0.05, 0.1) is 12.2 Å². The average molecular weight is 1060 g/mol. The molecule has 0 aliphatic carbocycles. The van der Waals surface area contributed by atoms with Gasteiger partial charge in [0.25, 0.3) is 0 Å². The molecule has 26 nitrogen and oxygen atoms in total. The van der Waals surface area contributed by atoms with Gasteiger partial charge in [0.1, 0.15) is 54.4 Å². The molecule has 20 N–H and O–H groups in total. The van der Waals surface area contributed by atoms with E-state index >= 15 is 0 Å². The van der Waals surface area contributed by atoms with E-state index in [1.165, 1.54) is 13.8 Å². The number of nitrogens with two attached hydrogens (primary N) is 4. The normalized spacial score (nSPS) is 23.6. The summed E-state index contributed by atoms with van der Waals surface area (Å²) in [6, 6.07) is -4.44. The van der Waals surface area contributed by atoms with Gasteiger partial charge in [0.2, 0.25) is 59.1 Å². The molecule has 1 saturated heterocycles. The topological polar surface area (TPSA) is 436 Å². The van der Waals surface area contributed by atoms with Crippen molar-refractivity contribution >= 4 is 59.1 Å². The lowest BCUT2D eigenvalue weighted by Gasteiger charge is -2.28. The lowest BCUT2D eigenvalue weighted by Crippen LogP contribution is -2.61. The number of nitrogens with one attached hydrogen (secondary N) is 10. The highest BCUT2D eigenvalue weighted by atomic mass is 16.3. The number of carbonyl (C=O) groups is 10. The van der Waals surface area contributed by atoms with E-state index in [4.69, 9.17) is 22.9 Å². The maximum absolute atomic E-state index is 14.4. The van der Waals surface area contributed by atoms with E-state index < -0.39 is 139 Å². The van der Waals surface area contributed by atoms with E-state index in [0.29, 0.717) is 12.0 Å². The van der Waals surface area contributed by atoms with Crippen molar-refractivity contribution in [2.45, 2.75) is 172 Å². The molecule has 0 aromatic heterocycles. The number of aliphatic hydroxyl groups excluding tert-OH is 2. The zero-order valence-corrected chi connectivity index (χ0v) is 43.9. The molecule has 0 radical (unpaired) electrons. The summed E-state index contributed by atoms with van der Waals surface area (Å²) < 4.78 is 0. The fraction of sp³-hybridized carbons (Fsp3) is 0.673. The maximum atomic E-state index is 14.4. The number of rotatable bonds is 23. The molecule has 0 spiro atoms. The molecule has 1 aromatic rings. The van der Waals surface area contributed by atoms with Gasteiger partial charge in [0.15, 0.2) is 0 Å². The quantitative estimate of drug-likeness (QED) is 0.0456. The van der Waals surface area contributed by atoms with Crippen LogP contribution in [0.25, 0.3) is 0 Å². The predicted molar refractivity (Wildman–Crippen MR) is 277 cm³/mol. The van der Waals surface area contributed by atoms with Gasteiger partial charge in [-0.25, -0.2) is 0 Å². The summed E-state index contributed by atoms with van der Waals surface area (Å²) in [6.45, 7) is 7.04. The highest BCUT2D eigenvalue weighted by Crippen LogP contribution is 2.11. The minimum absolute atomic E-state index is 0.0627. The van der Waals surface area contributed by atoms with Gasteiger partial charge in [-0.1, -0.05) is 63.9 Å².